The lowest BCUT2D eigenvalue weighted by Crippen LogP contribution is -2.48. The Morgan fingerprint density at radius 2 is 1.89 bits per heavy atom. The monoisotopic (exact) mass is 258 g/mol. The summed E-state index contributed by atoms with van der Waals surface area (Å²) in [5, 5.41) is 3.38. The van der Waals surface area contributed by atoms with Crippen molar-refractivity contribution in [1.82, 2.24) is 10.2 Å². The van der Waals surface area contributed by atoms with Crippen molar-refractivity contribution in [1.29, 1.82) is 0 Å². The Kier molecular flexibility index (Phi) is 3.31. The van der Waals surface area contributed by atoms with Crippen LogP contribution in [0.15, 0.2) is 24.3 Å². The first-order valence-corrected chi connectivity index (χ1v) is 7.32. The van der Waals surface area contributed by atoms with Crippen molar-refractivity contribution in [2.75, 3.05) is 19.6 Å². The fourth-order valence-corrected chi connectivity index (χ4v) is 3.49. The number of piperidine rings is 1. The third kappa shape index (κ3) is 2.16. The molecule has 1 spiro atoms. The van der Waals surface area contributed by atoms with E-state index in [1.807, 2.05) is 4.90 Å². The standard InChI is InChI=1S/C16H22N2O/c1-2-18-12-14-6-4-3-5-13(14)11-16(15(18)19)7-9-17-10-8-16/h3-6,17H,2,7-12H2,1H3. The zero-order valence-electron chi connectivity index (χ0n) is 11.6. The van der Waals surface area contributed by atoms with E-state index in [9.17, 15) is 4.79 Å². The van der Waals surface area contributed by atoms with E-state index in [4.69, 9.17) is 0 Å². The Bertz CT molecular complexity index is 477. The molecule has 0 atom stereocenters. The lowest BCUT2D eigenvalue weighted by atomic mass is 9.73. The lowest BCUT2D eigenvalue weighted by molar-refractivity contribution is -0.143. The summed E-state index contributed by atoms with van der Waals surface area (Å²) < 4.78 is 0. The van der Waals surface area contributed by atoms with Crippen LogP contribution in [0, 0.1) is 5.41 Å². The van der Waals surface area contributed by atoms with Gasteiger partial charge in [0.05, 0.1) is 5.41 Å². The Balaban J connectivity index is 2.02. The summed E-state index contributed by atoms with van der Waals surface area (Å²) in [5.41, 5.74) is 2.54. The molecule has 102 valence electrons. The first kappa shape index (κ1) is 12.7. The van der Waals surface area contributed by atoms with Crippen molar-refractivity contribution >= 4 is 5.91 Å². The number of nitrogens with zero attached hydrogens (tertiary/aromatic N) is 1. The zero-order chi connectivity index (χ0) is 13.3. The lowest BCUT2D eigenvalue weighted by Gasteiger charge is -2.38. The first-order chi connectivity index (χ1) is 9.25. The van der Waals surface area contributed by atoms with Crippen molar-refractivity contribution < 1.29 is 4.79 Å². The summed E-state index contributed by atoms with van der Waals surface area (Å²) in [5.74, 6) is 0.368. The average molecular weight is 258 g/mol. The predicted octanol–water partition coefficient (Wildman–Crippen LogP) is 1.96. The van der Waals surface area contributed by atoms with Gasteiger partial charge < -0.3 is 10.2 Å². The minimum absolute atomic E-state index is 0.159. The Hall–Kier alpha value is -1.35. The van der Waals surface area contributed by atoms with Gasteiger partial charge >= 0.3 is 0 Å². The highest BCUT2D eigenvalue weighted by molar-refractivity contribution is 5.84. The number of nitrogens with one attached hydrogen (secondary N) is 1. The molecule has 1 fully saturated rings. The molecule has 0 saturated carbocycles. The molecule has 2 heterocycles. The highest BCUT2D eigenvalue weighted by atomic mass is 16.2. The van der Waals surface area contributed by atoms with Gasteiger partial charge in [0.2, 0.25) is 5.91 Å². The van der Waals surface area contributed by atoms with E-state index in [-0.39, 0.29) is 5.41 Å². The largest absolute Gasteiger partial charge is 0.338 e. The number of hydrogen-bond acceptors (Lipinski definition) is 2. The molecular weight excluding hydrogens is 236 g/mol. The second kappa shape index (κ2) is 4.97. The maximum absolute atomic E-state index is 12.9. The SMILES string of the molecule is CCN1Cc2ccccc2CC2(CCNCC2)C1=O. The van der Waals surface area contributed by atoms with Crippen LogP contribution in [0.25, 0.3) is 0 Å². The third-order valence-electron chi connectivity index (χ3n) is 4.69. The molecule has 2 aliphatic heterocycles. The second-order valence-electron chi connectivity index (χ2n) is 5.80. The zero-order valence-corrected chi connectivity index (χ0v) is 11.6. The fourth-order valence-electron chi connectivity index (χ4n) is 3.49. The molecule has 19 heavy (non-hydrogen) atoms. The smallest absolute Gasteiger partial charge is 0.229 e. The van der Waals surface area contributed by atoms with Crippen LogP contribution >= 0.6 is 0 Å². The van der Waals surface area contributed by atoms with E-state index in [0.29, 0.717) is 5.91 Å². The van der Waals surface area contributed by atoms with Gasteiger partial charge in [0, 0.05) is 13.1 Å². The summed E-state index contributed by atoms with van der Waals surface area (Å²) >= 11 is 0. The van der Waals surface area contributed by atoms with Crippen molar-refractivity contribution in [3.63, 3.8) is 0 Å². The molecule has 3 heteroatoms. The van der Waals surface area contributed by atoms with Gasteiger partial charge in [-0.3, -0.25) is 4.79 Å². The van der Waals surface area contributed by atoms with E-state index < -0.39 is 0 Å². The van der Waals surface area contributed by atoms with Crippen LogP contribution in [-0.2, 0) is 17.8 Å². The van der Waals surface area contributed by atoms with Gasteiger partial charge in [-0.05, 0) is 50.4 Å². The Morgan fingerprint density at radius 1 is 1.21 bits per heavy atom. The van der Waals surface area contributed by atoms with Crippen LogP contribution in [0.4, 0.5) is 0 Å². The number of hydrogen-bond donors (Lipinski definition) is 1. The average Bonchev–Trinajstić information content (AvgIpc) is 2.56. The normalized spacial score (nSPS) is 22.2. The second-order valence-corrected chi connectivity index (χ2v) is 5.80. The van der Waals surface area contributed by atoms with Gasteiger partial charge in [0.15, 0.2) is 0 Å². The van der Waals surface area contributed by atoms with Gasteiger partial charge in [-0.15, -0.1) is 0 Å². The maximum atomic E-state index is 12.9. The number of fused-ring (bicyclic) bond motifs is 1. The van der Waals surface area contributed by atoms with E-state index in [1.165, 1.54) is 11.1 Å². The van der Waals surface area contributed by atoms with Crippen LogP contribution in [0.5, 0.6) is 0 Å². The molecule has 2 aliphatic rings. The molecule has 0 aliphatic carbocycles. The molecule has 1 amide bonds. The molecule has 3 nitrogen and oxygen atoms in total. The van der Waals surface area contributed by atoms with Crippen LogP contribution in [0.3, 0.4) is 0 Å². The molecule has 3 rings (SSSR count). The van der Waals surface area contributed by atoms with Crippen LogP contribution in [0.2, 0.25) is 0 Å². The van der Waals surface area contributed by atoms with Gasteiger partial charge in [0.1, 0.15) is 0 Å². The van der Waals surface area contributed by atoms with Gasteiger partial charge in [-0.2, -0.15) is 0 Å². The number of amides is 1. The first-order valence-electron chi connectivity index (χ1n) is 7.32. The van der Waals surface area contributed by atoms with Crippen molar-refractivity contribution in [3.05, 3.63) is 35.4 Å². The van der Waals surface area contributed by atoms with E-state index in [2.05, 4.69) is 36.5 Å². The van der Waals surface area contributed by atoms with Crippen LogP contribution in [-0.4, -0.2) is 30.4 Å². The summed E-state index contributed by atoms with van der Waals surface area (Å²) in [4.78, 5) is 15.0. The van der Waals surface area contributed by atoms with Crippen LogP contribution in [0.1, 0.15) is 30.9 Å². The Morgan fingerprint density at radius 3 is 2.58 bits per heavy atom. The predicted molar refractivity (Wildman–Crippen MR) is 75.8 cm³/mol. The van der Waals surface area contributed by atoms with Crippen molar-refractivity contribution in [2.45, 2.75) is 32.7 Å². The highest BCUT2D eigenvalue weighted by Gasteiger charge is 2.43. The minimum Gasteiger partial charge on any atom is -0.338 e. The molecule has 1 N–H and O–H groups in total. The summed E-state index contributed by atoms with van der Waals surface area (Å²) in [6.07, 6.45) is 2.85. The molecule has 1 aromatic rings. The van der Waals surface area contributed by atoms with Gasteiger partial charge in [0.25, 0.3) is 0 Å². The van der Waals surface area contributed by atoms with E-state index in [0.717, 1.165) is 45.4 Å². The van der Waals surface area contributed by atoms with Gasteiger partial charge in [-0.1, -0.05) is 24.3 Å². The molecule has 0 unspecified atom stereocenters. The van der Waals surface area contributed by atoms with Crippen molar-refractivity contribution in [3.8, 4) is 0 Å². The molecule has 0 radical (unpaired) electrons. The van der Waals surface area contributed by atoms with Gasteiger partial charge in [-0.25, -0.2) is 0 Å². The number of carbonyl (C=O) groups excluding carboxylic acids is 1. The third-order valence-corrected chi connectivity index (χ3v) is 4.69. The van der Waals surface area contributed by atoms with Crippen LogP contribution < -0.4 is 5.32 Å². The Labute approximate surface area is 115 Å². The van der Waals surface area contributed by atoms with Crippen molar-refractivity contribution in [2.24, 2.45) is 5.41 Å². The summed E-state index contributed by atoms with van der Waals surface area (Å²) in [7, 11) is 0. The quantitative estimate of drug-likeness (QED) is 0.835. The summed E-state index contributed by atoms with van der Waals surface area (Å²) in [6.45, 7) is 5.60. The number of carbonyl (C=O) groups is 1. The molecule has 0 bridgehead atoms. The highest BCUT2D eigenvalue weighted by Crippen LogP contribution is 2.38. The molecule has 1 aromatic carbocycles. The topological polar surface area (TPSA) is 32.3 Å². The minimum atomic E-state index is -0.159. The molecule has 0 aromatic heterocycles. The fraction of sp³-hybridized carbons (Fsp3) is 0.562. The maximum Gasteiger partial charge on any atom is 0.229 e. The van der Waals surface area contributed by atoms with E-state index in [1.54, 1.807) is 0 Å². The number of rotatable bonds is 1. The number of benzene rings is 1. The molecule has 1 saturated heterocycles. The summed E-state index contributed by atoms with van der Waals surface area (Å²) in [6, 6.07) is 8.55. The molecular formula is C16H22N2O. The van der Waals surface area contributed by atoms with E-state index >= 15 is 0 Å².